The van der Waals surface area contributed by atoms with Crippen LogP contribution in [0.5, 0.6) is 0 Å². The zero-order valence-corrected chi connectivity index (χ0v) is 14.0. The van der Waals surface area contributed by atoms with E-state index in [1.807, 2.05) is 11.8 Å². The van der Waals surface area contributed by atoms with Crippen molar-refractivity contribution in [3.05, 3.63) is 17.1 Å². The molecule has 1 aliphatic carbocycles. The maximum atomic E-state index is 12.5. The van der Waals surface area contributed by atoms with E-state index in [0.29, 0.717) is 18.3 Å². The van der Waals surface area contributed by atoms with Gasteiger partial charge < -0.3 is 5.32 Å². The second kappa shape index (κ2) is 6.19. The highest BCUT2D eigenvalue weighted by Crippen LogP contribution is 2.34. The van der Waals surface area contributed by atoms with Gasteiger partial charge in [-0.2, -0.15) is 0 Å². The van der Waals surface area contributed by atoms with Crippen LogP contribution in [0.25, 0.3) is 0 Å². The number of anilines is 1. The normalized spacial score (nSPS) is 25.2. The van der Waals surface area contributed by atoms with Gasteiger partial charge in [0.2, 0.25) is 5.91 Å². The fraction of sp³-hybridized carbons (Fsp3) is 0.722. The van der Waals surface area contributed by atoms with E-state index in [9.17, 15) is 4.79 Å². The fourth-order valence-electron chi connectivity index (χ4n) is 4.27. The van der Waals surface area contributed by atoms with Gasteiger partial charge in [0.25, 0.3) is 0 Å². The highest BCUT2D eigenvalue weighted by atomic mass is 16.2. The summed E-state index contributed by atoms with van der Waals surface area (Å²) in [6.07, 6.45) is 8.04. The van der Waals surface area contributed by atoms with E-state index in [2.05, 4.69) is 5.32 Å². The fourth-order valence-corrected chi connectivity index (χ4v) is 4.27. The summed E-state index contributed by atoms with van der Waals surface area (Å²) in [7, 11) is 0. The number of fused-ring (bicyclic) bond motifs is 1. The standard InChI is InChI=1S/C18H26N4O/c1-12-15-9-16(23)22(11-13-5-3-2-4-6-13)18(15)21-17(20-12)14-7-8-19-10-14/h13-14,19H,2-11H2,1H3/t14-/m1/s1. The molecule has 2 aliphatic heterocycles. The van der Waals surface area contributed by atoms with Gasteiger partial charge in [0.15, 0.2) is 0 Å². The molecule has 0 aromatic carbocycles. The molecule has 5 heteroatoms. The van der Waals surface area contributed by atoms with Crippen LogP contribution in [0.1, 0.15) is 61.5 Å². The van der Waals surface area contributed by atoms with Crippen molar-refractivity contribution in [1.82, 2.24) is 15.3 Å². The molecule has 1 atom stereocenters. The summed E-state index contributed by atoms with van der Waals surface area (Å²) in [5.41, 5.74) is 2.05. The number of amides is 1. The number of nitrogens with zero attached hydrogens (tertiary/aromatic N) is 3. The Bertz CT molecular complexity index is 603. The minimum Gasteiger partial charge on any atom is -0.316 e. The monoisotopic (exact) mass is 314 g/mol. The van der Waals surface area contributed by atoms with E-state index in [-0.39, 0.29) is 5.91 Å². The van der Waals surface area contributed by atoms with Crippen LogP contribution in [0.2, 0.25) is 0 Å². The average molecular weight is 314 g/mol. The lowest BCUT2D eigenvalue weighted by molar-refractivity contribution is -0.117. The first kappa shape index (κ1) is 15.1. The lowest BCUT2D eigenvalue weighted by Gasteiger charge is -2.27. The van der Waals surface area contributed by atoms with Gasteiger partial charge in [0.1, 0.15) is 11.6 Å². The van der Waals surface area contributed by atoms with Gasteiger partial charge >= 0.3 is 0 Å². The first-order chi connectivity index (χ1) is 11.2. The maximum Gasteiger partial charge on any atom is 0.232 e. The van der Waals surface area contributed by atoms with Crippen LogP contribution in [0.15, 0.2) is 0 Å². The van der Waals surface area contributed by atoms with Gasteiger partial charge in [-0.3, -0.25) is 9.69 Å². The number of hydrogen-bond acceptors (Lipinski definition) is 4. The van der Waals surface area contributed by atoms with Crippen LogP contribution < -0.4 is 10.2 Å². The van der Waals surface area contributed by atoms with Gasteiger partial charge in [0, 0.05) is 30.3 Å². The molecule has 3 aliphatic rings. The number of hydrogen-bond donors (Lipinski definition) is 1. The third-order valence-corrected chi connectivity index (χ3v) is 5.69. The number of carbonyl (C=O) groups excluding carboxylic acids is 1. The van der Waals surface area contributed by atoms with Gasteiger partial charge in [-0.05, 0) is 38.6 Å². The van der Waals surface area contributed by atoms with Crippen molar-refractivity contribution < 1.29 is 4.79 Å². The number of aromatic nitrogens is 2. The Hall–Kier alpha value is -1.49. The second-order valence-corrected chi connectivity index (χ2v) is 7.34. The van der Waals surface area contributed by atoms with Crippen LogP contribution in [0.3, 0.4) is 0 Å². The van der Waals surface area contributed by atoms with E-state index in [4.69, 9.17) is 9.97 Å². The third kappa shape index (κ3) is 2.87. The summed E-state index contributed by atoms with van der Waals surface area (Å²) in [4.78, 5) is 24.1. The van der Waals surface area contributed by atoms with Crippen LogP contribution in [-0.2, 0) is 11.2 Å². The molecule has 4 rings (SSSR count). The van der Waals surface area contributed by atoms with E-state index in [1.54, 1.807) is 0 Å². The minimum atomic E-state index is 0.213. The van der Waals surface area contributed by atoms with Crippen molar-refractivity contribution >= 4 is 11.7 Å². The molecule has 0 bridgehead atoms. The molecule has 1 aromatic heterocycles. The van der Waals surface area contributed by atoms with E-state index in [1.165, 1.54) is 32.1 Å². The highest BCUT2D eigenvalue weighted by Gasteiger charge is 2.34. The molecular formula is C18H26N4O. The first-order valence-electron chi connectivity index (χ1n) is 9.11. The molecule has 0 unspecified atom stereocenters. The maximum absolute atomic E-state index is 12.5. The minimum absolute atomic E-state index is 0.213. The summed E-state index contributed by atoms with van der Waals surface area (Å²) < 4.78 is 0. The lowest BCUT2D eigenvalue weighted by atomic mass is 9.89. The van der Waals surface area contributed by atoms with Crippen molar-refractivity contribution in [2.45, 2.75) is 57.8 Å². The molecule has 5 nitrogen and oxygen atoms in total. The topological polar surface area (TPSA) is 58.1 Å². The number of aryl methyl sites for hydroxylation is 1. The molecule has 0 spiro atoms. The van der Waals surface area contributed by atoms with Crippen molar-refractivity contribution in [2.75, 3.05) is 24.5 Å². The van der Waals surface area contributed by atoms with Crippen LogP contribution in [0.4, 0.5) is 5.82 Å². The van der Waals surface area contributed by atoms with Gasteiger partial charge in [-0.15, -0.1) is 0 Å². The summed E-state index contributed by atoms with van der Waals surface area (Å²) >= 11 is 0. The summed E-state index contributed by atoms with van der Waals surface area (Å²) in [6, 6.07) is 0. The summed E-state index contributed by atoms with van der Waals surface area (Å²) in [6.45, 7) is 4.87. The molecule has 2 fully saturated rings. The molecule has 0 radical (unpaired) electrons. The number of rotatable bonds is 3. The van der Waals surface area contributed by atoms with Crippen LogP contribution >= 0.6 is 0 Å². The van der Waals surface area contributed by atoms with E-state index >= 15 is 0 Å². The Morgan fingerprint density at radius 2 is 2.00 bits per heavy atom. The second-order valence-electron chi connectivity index (χ2n) is 7.34. The summed E-state index contributed by atoms with van der Waals surface area (Å²) in [5.74, 6) is 3.09. The Labute approximate surface area is 137 Å². The largest absolute Gasteiger partial charge is 0.316 e. The summed E-state index contributed by atoms with van der Waals surface area (Å²) in [5, 5.41) is 3.38. The number of carbonyl (C=O) groups is 1. The molecule has 3 heterocycles. The Morgan fingerprint density at radius 3 is 2.74 bits per heavy atom. The van der Waals surface area contributed by atoms with Crippen molar-refractivity contribution in [2.24, 2.45) is 5.92 Å². The third-order valence-electron chi connectivity index (χ3n) is 5.69. The highest BCUT2D eigenvalue weighted by molar-refractivity contribution is 6.00. The molecule has 1 saturated carbocycles. The van der Waals surface area contributed by atoms with Gasteiger partial charge in [-0.1, -0.05) is 19.3 Å². The molecule has 1 N–H and O–H groups in total. The molecule has 124 valence electrons. The van der Waals surface area contributed by atoms with E-state index in [0.717, 1.165) is 49.0 Å². The predicted octanol–water partition coefficient (Wildman–Crippen LogP) is 2.33. The lowest BCUT2D eigenvalue weighted by Crippen LogP contribution is -2.33. The first-order valence-corrected chi connectivity index (χ1v) is 9.11. The zero-order valence-electron chi connectivity index (χ0n) is 14.0. The van der Waals surface area contributed by atoms with Gasteiger partial charge in [0.05, 0.1) is 6.42 Å². The molecule has 1 aromatic rings. The molecule has 1 amide bonds. The Balaban J connectivity index is 1.61. The molecule has 23 heavy (non-hydrogen) atoms. The number of nitrogens with one attached hydrogen (secondary N) is 1. The molecular weight excluding hydrogens is 288 g/mol. The Morgan fingerprint density at radius 1 is 1.17 bits per heavy atom. The zero-order chi connectivity index (χ0) is 15.8. The van der Waals surface area contributed by atoms with Crippen LogP contribution in [0, 0.1) is 12.8 Å². The van der Waals surface area contributed by atoms with Crippen LogP contribution in [-0.4, -0.2) is 35.5 Å². The van der Waals surface area contributed by atoms with E-state index < -0.39 is 0 Å². The van der Waals surface area contributed by atoms with Crippen molar-refractivity contribution in [1.29, 1.82) is 0 Å². The smallest absolute Gasteiger partial charge is 0.232 e. The quantitative estimate of drug-likeness (QED) is 0.930. The van der Waals surface area contributed by atoms with Gasteiger partial charge in [-0.25, -0.2) is 9.97 Å². The SMILES string of the molecule is Cc1nc([C@@H]2CCNC2)nc2c1CC(=O)N2CC1CCCCC1. The van der Waals surface area contributed by atoms with Crippen molar-refractivity contribution in [3.63, 3.8) is 0 Å². The predicted molar refractivity (Wildman–Crippen MR) is 89.6 cm³/mol. The average Bonchev–Trinajstić information content (AvgIpc) is 3.19. The Kier molecular flexibility index (Phi) is 4.05. The molecule has 1 saturated heterocycles. The van der Waals surface area contributed by atoms with Crippen molar-refractivity contribution in [3.8, 4) is 0 Å².